The Bertz CT molecular complexity index is 593. The zero-order valence-electron chi connectivity index (χ0n) is 13.9. The van der Waals surface area contributed by atoms with Gasteiger partial charge in [0.1, 0.15) is 0 Å². The molecule has 2 aromatic rings. The second-order valence-electron chi connectivity index (χ2n) is 5.83. The number of benzene rings is 2. The first-order valence-corrected chi connectivity index (χ1v) is 8.18. The van der Waals surface area contributed by atoms with Crippen LogP contribution < -0.4 is 9.80 Å². The SMILES string of the molecule is CCN(CC(Cl)c1ccc(N(C)C)cc1)c1cccc(C)c1. The molecule has 0 aliphatic carbocycles. The lowest BCUT2D eigenvalue weighted by molar-refractivity contribution is 0.790. The predicted octanol–water partition coefficient (Wildman–Crippen LogP) is 4.87. The van der Waals surface area contributed by atoms with Crippen LogP contribution in [0.5, 0.6) is 0 Å². The second kappa shape index (κ2) is 7.55. The van der Waals surface area contributed by atoms with Crippen LogP contribution in [0, 0.1) is 6.92 Å². The topological polar surface area (TPSA) is 6.48 Å². The highest BCUT2D eigenvalue weighted by Crippen LogP contribution is 2.26. The standard InChI is InChI=1S/C19H25ClN2/c1-5-22(18-8-6-7-15(2)13-18)14-19(20)16-9-11-17(12-10-16)21(3)4/h6-13,19H,5,14H2,1-4H3. The minimum absolute atomic E-state index is 0.0170. The molecule has 0 aliphatic rings. The molecule has 1 atom stereocenters. The fourth-order valence-corrected chi connectivity index (χ4v) is 2.83. The Balaban J connectivity index is 2.10. The zero-order chi connectivity index (χ0) is 16.1. The molecule has 0 radical (unpaired) electrons. The van der Waals surface area contributed by atoms with Gasteiger partial charge in [-0.25, -0.2) is 0 Å². The van der Waals surface area contributed by atoms with Crippen molar-refractivity contribution in [1.29, 1.82) is 0 Å². The number of alkyl halides is 1. The van der Waals surface area contributed by atoms with E-state index in [0.717, 1.165) is 13.1 Å². The number of likely N-dealkylation sites (N-methyl/N-ethyl adjacent to an activating group) is 1. The van der Waals surface area contributed by atoms with E-state index in [1.165, 1.54) is 22.5 Å². The van der Waals surface area contributed by atoms with Gasteiger partial charge in [-0.2, -0.15) is 0 Å². The Labute approximate surface area is 139 Å². The van der Waals surface area contributed by atoms with Crippen LogP contribution in [-0.4, -0.2) is 27.2 Å². The van der Waals surface area contributed by atoms with Gasteiger partial charge in [-0.15, -0.1) is 11.6 Å². The van der Waals surface area contributed by atoms with E-state index in [0.29, 0.717) is 0 Å². The molecule has 0 fully saturated rings. The largest absolute Gasteiger partial charge is 0.378 e. The number of rotatable bonds is 6. The molecule has 0 amide bonds. The molecule has 0 spiro atoms. The summed E-state index contributed by atoms with van der Waals surface area (Å²) < 4.78 is 0. The van der Waals surface area contributed by atoms with E-state index in [9.17, 15) is 0 Å². The fourth-order valence-electron chi connectivity index (χ4n) is 2.52. The van der Waals surface area contributed by atoms with Crippen molar-refractivity contribution in [1.82, 2.24) is 0 Å². The Hall–Kier alpha value is -1.67. The van der Waals surface area contributed by atoms with Crippen molar-refractivity contribution in [2.75, 3.05) is 37.0 Å². The third kappa shape index (κ3) is 4.17. The van der Waals surface area contributed by atoms with Crippen molar-refractivity contribution in [2.45, 2.75) is 19.2 Å². The van der Waals surface area contributed by atoms with Gasteiger partial charge in [0.25, 0.3) is 0 Å². The summed E-state index contributed by atoms with van der Waals surface area (Å²) in [4.78, 5) is 4.42. The maximum atomic E-state index is 6.65. The van der Waals surface area contributed by atoms with E-state index in [2.05, 4.69) is 72.2 Å². The van der Waals surface area contributed by atoms with Gasteiger partial charge in [0.15, 0.2) is 0 Å². The third-order valence-corrected chi connectivity index (χ3v) is 4.29. The number of aryl methyl sites for hydroxylation is 1. The number of anilines is 2. The van der Waals surface area contributed by atoms with E-state index in [4.69, 9.17) is 11.6 Å². The second-order valence-corrected chi connectivity index (χ2v) is 6.36. The van der Waals surface area contributed by atoms with Crippen LogP contribution in [0.15, 0.2) is 48.5 Å². The highest BCUT2D eigenvalue weighted by Gasteiger charge is 2.13. The first-order chi connectivity index (χ1) is 10.5. The average molecular weight is 317 g/mol. The summed E-state index contributed by atoms with van der Waals surface area (Å²) in [5, 5.41) is -0.0170. The van der Waals surface area contributed by atoms with Crippen molar-refractivity contribution in [2.24, 2.45) is 0 Å². The van der Waals surface area contributed by atoms with Crippen molar-refractivity contribution in [3.63, 3.8) is 0 Å². The van der Waals surface area contributed by atoms with Gasteiger partial charge in [0, 0.05) is 38.6 Å². The summed E-state index contributed by atoms with van der Waals surface area (Å²) in [6, 6.07) is 17.1. The van der Waals surface area contributed by atoms with Gasteiger partial charge in [-0.3, -0.25) is 0 Å². The normalized spacial score (nSPS) is 12.0. The predicted molar refractivity (Wildman–Crippen MR) is 98.4 cm³/mol. The maximum Gasteiger partial charge on any atom is 0.0760 e. The van der Waals surface area contributed by atoms with Crippen molar-refractivity contribution < 1.29 is 0 Å². The summed E-state index contributed by atoms with van der Waals surface area (Å²) in [6.07, 6.45) is 0. The Morgan fingerprint density at radius 2 is 1.68 bits per heavy atom. The molecule has 0 saturated carbocycles. The number of hydrogen-bond donors (Lipinski definition) is 0. The van der Waals surface area contributed by atoms with E-state index < -0.39 is 0 Å². The van der Waals surface area contributed by atoms with Crippen LogP contribution in [0.25, 0.3) is 0 Å². The summed E-state index contributed by atoms with van der Waals surface area (Å²) >= 11 is 6.65. The molecule has 0 bridgehead atoms. The lowest BCUT2D eigenvalue weighted by Gasteiger charge is -2.26. The molecule has 1 unspecified atom stereocenters. The minimum atomic E-state index is -0.0170. The van der Waals surface area contributed by atoms with Crippen LogP contribution in [-0.2, 0) is 0 Å². The molecular formula is C19H25ClN2. The van der Waals surface area contributed by atoms with E-state index in [1.54, 1.807) is 0 Å². The van der Waals surface area contributed by atoms with Crippen molar-refractivity contribution in [3.8, 4) is 0 Å². The fraction of sp³-hybridized carbons (Fsp3) is 0.368. The van der Waals surface area contributed by atoms with Crippen LogP contribution in [0.4, 0.5) is 11.4 Å². The number of nitrogens with zero attached hydrogens (tertiary/aromatic N) is 2. The molecule has 0 aliphatic heterocycles. The highest BCUT2D eigenvalue weighted by molar-refractivity contribution is 6.21. The van der Waals surface area contributed by atoms with E-state index >= 15 is 0 Å². The summed E-state index contributed by atoms with van der Waals surface area (Å²) in [7, 11) is 4.09. The minimum Gasteiger partial charge on any atom is -0.378 e. The van der Waals surface area contributed by atoms with Gasteiger partial charge in [0.2, 0.25) is 0 Å². The van der Waals surface area contributed by atoms with Crippen LogP contribution >= 0.6 is 11.6 Å². The van der Waals surface area contributed by atoms with Crippen LogP contribution in [0.2, 0.25) is 0 Å². The van der Waals surface area contributed by atoms with Crippen LogP contribution in [0.3, 0.4) is 0 Å². The molecule has 0 N–H and O–H groups in total. The molecule has 0 heterocycles. The van der Waals surface area contributed by atoms with Gasteiger partial charge in [-0.05, 0) is 49.2 Å². The molecule has 0 saturated heterocycles. The smallest absolute Gasteiger partial charge is 0.0760 e. The van der Waals surface area contributed by atoms with Gasteiger partial charge < -0.3 is 9.80 Å². The molecule has 2 nitrogen and oxygen atoms in total. The Morgan fingerprint density at radius 1 is 1.00 bits per heavy atom. The first kappa shape index (κ1) is 16.7. The first-order valence-electron chi connectivity index (χ1n) is 7.74. The third-order valence-electron chi connectivity index (χ3n) is 3.90. The van der Waals surface area contributed by atoms with Crippen LogP contribution in [0.1, 0.15) is 23.4 Å². The molecule has 2 rings (SSSR count). The molecule has 0 aromatic heterocycles. The number of hydrogen-bond acceptors (Lipinski definition) is 2. The van der Waals surface area contributed by atoms with Gasteiger partial charge in [0.05, 0.1) is 5.38 Å². The molecule has 22 heavy (non-hydrogen) atoms. The monoisotopic (exact) mass is 316 g/mol. The Morgan fingerprint density at radius 3 is 2.23 bits per heavy atom. The highest BCUT2D eigenvalue weighted by atomic mass is 35.5. The zero-order valence-corrected chi connectivity index (χ0v) is 14.6. The van der Waals surface area contributed by atoms with Crippen molar-refractivity contribution >= 4 is 23.0 Å². The summed E-state index contributed by atoms with van der Waals surface area (Å²) in [5.74, 6) is 0. The van der Waals surface area contributed by atoms with Gasteiger partial charge >= 0.3 is 0 Å². The molecular weight excluding hydrogens is 292 g/mol. The average Bonchev–Trinajstić information content (AvgIpc) is 2.52. The summed E-state index contributed by atoms with van der Waals surface area (Å²) in [6.45, 7) is 6.04. The lowest BCUT2D eigenvalue weighted by Crippen LogP contribution is -2.26. The van der Waals surface area contributed by atoms with E-state index in [-0.39, 0.29) is 5.38 Å². The maximum absolute atomic E-state index is 6.65. The number of halogens is 1. The molecule has 3 heteroatoms. The lowest BCUT2D eigenvalue weighted by atomic mass is 10.1. The molecule has 118 valence electrons. The van der Waals surface area contributed by atoms with Crippen molar-refractivity contribution in [3.05, 3.63) is 59.7 Å². The summed E-state index contributed by atoms with van der Waals surface area (Å²) in [5.41, 5.74) is 4.87. The van der Waals surface area contributed by atoms with E-state index in [1.807, 2.05) is 14.1 Å². The quantitative estimate of drug-likeness (QED) is 0.702. The molecule has 2 aromatic carbocycles. The Kier molecular flexibility index (Phi) is 5.73. The van der Waals surface area contributed by atoms with Gasteiger partial charge in [-0.1, -0.05) is 24.3 Å².